The van der Waals surface area contributed by atoms with Crippen LogP contribution in [0.2, 0.25) is 0 Å². The Hall–Kier alpha value is -0.570. The van der Waals surface area contributed by atoms with Crippen molar-refractivity contribution >= 4 is 6.72 Å². The van der Waals surface area contributed by atoms with Crippen molar-refractivity contribution < 1.29 is 0 Å². The summed E-state index contributed by atoms with van der Waals surface area (Å²) in [6, 6.07) is 0.459. The summed E-state index contributed by atoms with van der Waals surface area (Å²) in [7, 11) is 1.92. The van der Waals surface area contributed by atoms with E-state index in [0.29, 0.717) is 6.04 Å². The lowest BCUT2D eigenvalue weighted by Gasteiger charge is -2.18. The fraction of sp³-hybridized carbons (Fsp3) is 0.800. The van der Waals surface area contributed by atoms with Crippen LogP contribution in [0, 0.1) is 0 Å². The molecular weight excluding hydrogens is 102 g/mol. The van der Waals surface area contributed by atoms with Gasteiger partial charge in [-0.25, -0.2) is 10.5 Å². The minimum Gasteiger partial charge on any atom is -0.241 e. The predicted octanol–water partition coefficient (Wildman–Crippen LogP) is 0.447. The second-order valence-corrected chi connectivity index (χ2v) is 1.96. The van der Waals surface area contributed by atoms with Crippen LogP contribution in [0.25, 0.3) is 0 Å². The van der Waals surface area contributed by atoms with Gasteiger partial charge in [-0.1, -0.05) is 0 Å². The van der Waals surface area contributed by atoms with E-state index in [4.69, 9.17) is 0 Å². The van der Waals surface area contributed by atoms with Gasteiger partial charge in [0.15, 0.2) is 0 Å². The van der Waals surface area contributed by atoms with E-state index in [1.165, 1.54) is 0 Å². The quantitative estimate of drug-likeness (QED) is 0.427. The summed E-state index contributed by atoms with van der Waals surface area (Å²) in [5.41, 5.74) is 2.69. The summed E-state index contributed by atoms with van der Waals surface area (Å²) in [5, 5.41) is 5.35. The fourth-order valence-corrected chi connectivity index (χ4v) is 0.227. The maximum absolute atomic E-state index is 3.48. The van der Waals surface area contributed by atoms with E-state index >= 15 is 0 Å². The van der Waals surface area contributed by atoms with E-state index < -0.39 is 0 Å². The van der Waals surface area contributed by atoms with Crippen LogP contribution in [0.15, 0.2) is 5.10 Å². The summed E-state index contributed by atoms with van der Waals surface area (Å²) in [6.45, 7) is 7.42. The Labute approximate surface area is 50.3 Å². The van der Waals surface area contributed by atoms with Crippen molar-refractivity contribution in [2.75, 3.05) is 7.05 Å². The van der Waals surface area contributed by atoms with E-state index in [9.17, 15) is 0 Å². The summed E-state index contributed by atoms with van der Waals surface area (Å²) in [4.78, 5) is 0. The first-order valence-electron chi connectivity index (χ1n) is 2.62. The van der Waals surface area contributed by atoms with Crippen LogP contribution >= 0.6 is 0 Å². The maximum Gasteiger partial charge on any atom is 0.0247 e. The van der Waals surface area contributed by atoms with Crippen molar-refractivity contribution in [3.8, 4) is 0 Å². The lowest BCUT2D eigenvalue weighted by atomic mass is 10.4. The molecule has 3 nitrogen and oxygen atoms in total. The first-order valence-corrected chi connectivity index (χ1v) is 2.62. The van der Waals surface area contributed by atoms with E-state index in [-0.39, 0.29) is 0 Å². The molecule has 0 amide bonds. The highest BCUT2D eigenvalue weighted by Gasteiger charge is 1.97. The Morgan fingerprint density at radius 2 is 2.12 bits per heavy atom. The standard InChI is InChI=1S/C5H13N3/c1-5(2)8(4)7-6-3/h5,7H,3H2,1-2,4H3. The Morgan fingerprint density at radius 3 is 2.25 bits per heavy atom. The van der Waals surface area contributed by atoms with Crippen LogP contribution in [0.1, 0.15) is 13.8 Å². The molecule has 0 radical (unpaired) electrons. The molecule has 0 aliphatic heterocycles. The third kappa shape index (κ3) is 2.58. The molecule has 0 aromatic carbocycles. The first kappa shape index (κ1) is 7.43. The van der Waals surface area contributed by atoms with Gasteiger partial charge in [0.1, 0.15) is 0 Å². The van der Waals surface area contributed by atoms with Gasteiger partial charge < -0.3 is 0 Å². The molecule has 0 saturated carbocycles. The first-order chi connectivity index (χ1) is 3.68. The number of nitrogens with one attached hydrogen (secondary N) is 1. The number of rotatable bonds is 3. The third-order valence-electron chi connectivity index (χ3n) is 1.00. The van der Waals surface area contributed by atoms with E-state index in [2.05, 4.69) is 31.2 Å². The molecule has 0 aromatic heterocycles. The summed E-state index contributed by atoms with van der Waals surface area (Å²) >= 11 is 0. The van der Waals surface area contributed by atoms with E-state index in [1.54, 1.807) is 0 Å². The van der Waals surface area contributed by atoms with E-state index in [1.807, 2.05) is 12.1 Å². The zero-order chi connectivity index (χ0) is 6.57. The van der Waals surface area contributed by atoms with Crippen LogP contribution < -0.4 is 5.53 Å². The largest absolute Gasteiger partial charge is 0.241 e. The molecule has 0 bridgehead atoms. The van der Waals surface area contributed by atoms with Crippen LogP contribution in [-0.2, 0) is 0 Å². The summed E-state index contributed by atoms with van der Waals surface area (Å²) in [5.74, 6) is 0. The zero-order valence-corrected chi connectivity index (χ0v) is 5.68. The average molecular weight is 115 g/mol. The van der Waals surface area contributed by atoms with Crippen molar-refractivity contribution in [3.05, 3.63) is 0 Å². The van der Waals surface area contributed by atoms with Crippen molar-refractivity contribution in [1.29, 1.82) is 0 Å². The molecule has 0 atom stereocenters. The molecule has 0 aliphatic rings. The molecule has 0 saturated heterocycles. The van der Waals surface area contributed by atoms with Gasteiger partial charge in [-0.15, -0.1) is 0 Å². The van der Waals surface area contributed by atoms with Crippen LogP contribution in [0.5, 0.6) is 0 Å². The highest BCUT2D eigenvalue weighted by Crippen LogP contribution is 1.85. The number of hydrogen-bond donors (Lipinski definition) is 1. The van der Waals surface area contributed by atoms with Crippen molar-refractivity contribution in [1.82, 2.24) is 10.5 Å². The minimum atomic E-state index is 0.459. The molecule has 0 rings (SSSR count). The Bertz CT molecular complexity index is 70.1. The van der Waals surface area contributed by atoms with Crippen molar-refractivity contribution in [2.45, 2.75) is 19.9 Å². The Kier molecular flexibility index (Phi) is 3.19. The number of nitrogens with zero attached hydrogens (tertiary/aromatic N) is 2. The van der Waals surface area contributed by atoms with Gasteiger partial charge in [-0.2, -0.15) is 5.10 Å². The second kappa shape index (κ2) is 3.43. The maximum atomic E-state index is 3.48. The summed E-state index contributed by atoms with van der Waals surface area (Å²) < 4.78 is 0. The Morgan fingerprint density at radius 1 is 1.62 bits per heavy atom. The lowest BCUT2D eigenvalue weighted by molar-refractivity contribution is 0.192. The van der Waals surface area contributed by atoms with Gasteiger partial charge >= 0.3 is 0 Å². The molecule has 3 heteroatoms. The molecule has 8 heavy (non-hydrogen) atoms. The normalized spacial score (nSPS) is 10.1. The van der Waals surface area contributed by atoms with Gasteiger partial charge in [0.2, 0.25) is 0 Å². The molecular formula is C5H13N3. The van der Waals surface area contributed by atoms with Crippen LogP contribution in [-0.4, -0.2) is 24.8 Å². The van der Waals surface area contributed by atoms with Gasteiger partial charge in [0.05, 0.1) is 0 Å². The molecule has 0 aromatic rings. The third-order valence-corrected chi connectivity index (χ3v) is 1.00. The highest BCUT2D eigenvalue weighted by molar-refractivity contribution is 5.22. The van der Waals surface area contributed by atoms with Crippen molar-refractivity contribution in [2.24, 2.45) is 5.10 Å². The number of hydrogen-bond acceptors (Lipinski definition) is 3. The van der Waals surface area contributed by atoms with Crippen LogP contribution in [0.3, 0.4) is 0 Å². The molecule has 0 spiro atoms. The minimum absolute atomic E-state index is 0.459. The Balaban J connectivity index is 3.30. The molecule has 0 heterocycles. The highest BCUT2D eigenvalue weighted by atomic mass is 15.6. The fourth-order valence-electron chi connectivity index (χ4n) is 0.227. The molecule has 0 aliphatic carbocycles. The zero-order valence-electron chi connectivity index (χ0n) is 5.68. The predicted molar refractivity (Wildman–Crippen MR) is 35.6 cm³/mol. The van der Waals surface area contributed by atoms with E-state index in [0.717, 1.165) is 0 Å². The van der Waals surface area contributed by atoms with Gasteiger partial charge in [0.25, 0.3) is 0 Å². The SMILES string of the molecule is C=NNN(C)C(C)C. The number of hydrazone groups is 1. The molecule has 0 fully saturated rings. The average Bonchev–Trinajstić information content (AvgIpc) is 1.67. The molecule has 0 unspecified atom stereocenters. The van der Waals surface area contributed by atoms with Gasteiger partial charge in [0, 0.05) is 19.8 Å². The van der Waals surface area contributed by atoms with Crippen LogP contribution in [0.4, 0.5) is 0 Å². The monoisotopic (exact) mass is 115 g/mol. The summed E-state index contributed by atoms with van der Waals surface area (Å²) in [6.07, 6.45) is 0. The topological polar surface area (TPSA) is 27.6 Å². The van der Waals surface area contributed by atoms with Crippen molar-refractivity contribution in [3.63, 3.8) is 0 Å². The smallest absolute Gasteiger partial charge is 0.0247 e. The van der Waals surface area contributed by atoms with Gasteiger partial charge in [-0.05, 0) is 13.8 Å². The van der Waals surface area contributed by atoms with Gasteiger partial charge in [-0.3, -0.25) is 0 Å². The lowest BCUT2D eigenvalue weighted by Crippen LogP contribution is -2.35. The number of hydrazine groups is 1. The molecule has 48 valence electrons. The second-order valence-electron chi connectivity index (χ2n) is 1.96. The molecule has 1 N–H and O–H groups in total.